The predicted molar refractivity (Wildman–Crippen MR) is 122 cm³/mol. The van der Waals surface area contributed by atoms with Crippen molar-refractivity contribution in [1.82, 2.24) is 4.90 Å². The fourth-order valence-corrected chi connectivity index (χ4v) is 4.15. The molecule has 0 saturated carbocycles. The summed E-state index contributed by atoms with van der Waals surface area (Å²) in [6, 6.07) is 13.0. The first kappa shape index (κ1) is 20.9. The van der Waals surface area contributed by atoms with Crippen molar-refractivity contribution in [3.63, 3.8) is 0 Å². The van der Waals surface area contributed by atoms with Gasteiger partial charge in [0.1, 0.15) is 0 Å². The molecule has 1 fully saturated rings. The van der Waals surface area contributed by atoms with Crippen LogP contribution < -0.4 is 10.2 Å². The molecule has 1 heterocycles. The molecule has 1 aliphatic heterocycles. The number of carbonyl (C=O) groups is 2. The summed E-state index contributed by atoms with van der Waals surface area (Å²) in [6.07, 6.45) is 0. The molecule has 148 valence electrons. The number of amides is 2. The summed E-state index contributed by atoms with van der Waals surface area (Å²) < 4.78 is 0.897. The second kappa shape index (κ2) is 9.13. The van der Waals surface area contributed by atoms with E-state index in [4.69, 9.17) is 11.6 Å². The Morgan fingerprint density at radius 3 is 2.36 bits per heavy atom. The average molecular weight is 512 g/mol. The molecule has 0 spiro atoms. The first-order chi connectivity index (χ1) is 13.4. The zero-order valence-electron chi connectivity index (χ0n) is 15.9. The topological polar surface area (TPSA) is 52.7 Å². The monoisotopic (exact) mass is 511 g/mol. The van der Waals surface area contributed by atoms with Gasteiger partial charge < -0.3 is 15.1 Å². The molecule has 7 heteroatoms. The fourth-order valence-electron chi connectivity index (χ4n) is 3.22. The molecule has 5 nitrogen and oxygen atoms in total. The van der Waals surface area contributed by atoms with E-state index in [1.807, 2.05) is 49.1 Å². The molecule has 2 aromatic rings. The van der Waals surface area contributed by atoms with Crippen molar-refractivity contribution in [3.05, 3.63) is 56.6 Å². The van der Waals surface area contributed by atoms with Gasteiger partial charge in [0.2, 0.25) is 5.91 Å². The highest BCUT2D eigenvalue weighted by atomic mass is 127. The fraction of sp³-hybridized carbons (Fsp3) is 0.333. The highest BCUT2D eigenvalue weighted by Crippen LogP contribution is 2.30. The van der Waals surface area contributed by atoms with Gasteiger partial charge in [-0.1, -0.05) is 37.6 Å². The molecule has 2 amide bonds. The lowest BCUT2D eigenvalue weighted by Gasteiger charge is -2.37. The van der Waals surface area contributed by atoms with Crippen LogP contribution in [0, 0.1) is 9.49 Å². The molecule has 3 rings (SSSR count). The summed E-state index contributed by atoms with van der Waals surface area (Å²) in [5.41, 5.74) is 2.21. The van der Waals surface area contributed by atoms with Gasteiger partial charge in [-0.15, -0.1) is 0 Å². The van der Waals surface area contributed by atoms with Crippen molar-refractivity contribution in [3.8, 4) is 0 Å². The van der Waals surface area contributed by atoms with E-state index in [2.05, 4.69) is 32.8 Å². The quantitative estimate of drug-likeness (QED) is 0.615. The third-order valence-corrected chi connectivity index (χ3v) is 5.99. The molecule has 2 aromatic carbocycles. The van der Waals surface area contributed by atoms with Gasteiger partial charge in [-0.3, -0.25) is 9.59 Å². The lowest BCUT2D eigenvalue weighted by molar-refractivity contribution is -0.134. The van der Waals surface area contributed by atoms with Crippen LogP contribution in [0.25, 0.3) is 0 Å². The Morgan fingerprint density at radius 2 is 1.75 bits per heavy atom. The number of benzene rings is 2. The van der Waals surface area contributed by atoms with E-state index in [1.54, 1.807) is 12.1 Å². The van der Waals surface area contributed by atoms with E-state index >= 15 is 0 Å². The molecule has 0 aromatic heterocycles. The van der Waals surface area contributed by atoms with E-state index in [1.165, 1.54) is 0 Å². The summed E-state index contributed by atoms with van der Waals surface area (Å²) >= 11 is 8.65. The largest absolute Gasteiger partial charge is 0.367 e. The van der Waals surface area contributed by atoms with Crippen LogP contribution in [-0.4, -0.2) is 42.9 Å². The normalized spacial score (nSPS) is 14.3. The predicted octanol–water partition coefficient (Wildman–Crippen LogP) is 4.50. The molecule has 0 bridgehead atoms. The van der Waals surface area contributed by atoms with E-state index < -0.39 is 0 Å². The minimum absolute atomic E-state index is 0.0192. The second-order valence-electron chi connectivity index (χ2n) is 7.07. The molecule has 28 heavy (non-hydrogen) atoms. The Labute approximate surface area is 184 Å². The first-order valence-electron chi connectivity index (χ1n) is 9.26. The standard InChI is InChI=1S/C21H23ClIN3O2/c1-14(2)21(28)26-11-9-25(10-12-26)19-8-7-15(13-17(19)22)24-20(27)16-5-3-4-6-18(16)23/h3-8,13-14H,9-12H2,1-2H3,(H,24,27). The van der Waals surface area contributed by atoms with Gasteiger partial charge in [0.05, 0.1) is 16.3 Å². The second-order valence-corrected chi connectivity index (χ2v) is 8.64. The van der Waals surface area contributed by atoms with Crippen LogP contribution in [0.3, 0.4) is 0 Å². The van der Waals surface area contributed by atoms with Crippen molar-refractivity contribution in [2.24, 2.45) is 5.92 Å². The van der Waals surface area contributed by atoms with Gasteiger partial charge in [0.25, 0.3) is 5.91 Å². The lowest BCUT2D eigenvalue weighted by Crippen LogP contribution is -2.50. The van der Waals surface area contributed by atoms with E-state index in [0.29, 0.717) is 29.4 Å². The Balaban J connectivity index is 1.66. The molecule has 0 atom stereocenters. The van der Waals surface area contributed by atoms with Gasteiger partial charge in [0, 0.05) is 41.4 Å². The number of rotatable bonds is 4. The van der Waals surface area contributed by atoms with Crippen molar-refractivity contribution in [2.45, 2.75) is 13.8 Å². The van der Waals surface area contributed by atoms with Gasteiger partial charge in [0.15, 0.2) is 0 Å². The molecule has 0 radical (unpaired) electrons. The molecule has 1 saturated heterocycles. The van der Waals surface area contributed by atoms with E-state index in [-0.39, 0.29) is 17.7 Å². The number of piperazine rings is 1. The molecular weight excluding hydrogens is 489 g/mol. The lowest BCUT2D eigenvalue weighted by atomic mass is 10.1. The Hall–Kier alpha value is -1.80. The zero-order chi connectivity index (χ0) is 20.3. The SMILES string of the molecule is CC(C)C(=O)N1CCN(c2ccc(NC(=O)c3ccccc3I)cc2Cl)CC1. The van der Waals surface area contributed by atoms with Crippen LogP contribution in [-0.2, 0) is 4.79 Å². The van der Waals surface area contributed by atoms with Crippen molar-refractivity contribution >= 4 is 57.4 Å². The van der Waals surface area contributed by atoms with Gasteiger partial charge in [-0.2, -0.15) is 0 Å². The number of halogens is 2. The number of hydrogen-bond acceptors (Lipinski definition) is 3. The third-order valence-electron chi connectivity index (χ3n) is 4.75. The third kappa shape index (κ3) is 4.78. The highest BCUT2D eigenvalue weighted by Gasteiger charge is 2.24. The van der Waals surface area contributed by atoms with Crippen molar-refractivity contribution < 1.29 is 9.59 Å². The summed E-state index contributed by atoms with van der Waals surface area (Å²) in [7, 11) is 0. The molecule has 0 unspecified atom stereocenters. The maximum absolute atomic E-state index is 12.5. The van der Waals surface area contributed by atoms with Crippen LogP contribution in [0.2, 0.25) is 5.02 Å². The summed E-state index contributed by atoms with van der Waals surface area (Å²) in [4.78, 5) is 28.7. The van der Waals surface area contributed by atoms with E-state index in [0.717, 1.165) is 22.3 Å². The maximum atomic E-state index is 12.5. The first-order valence-corrected chi connectivity index (χ1v) is 10.7. The molecule has 1 N–H and O–H groups in total. The molecule has 0 aliphatic carbocycles. The number of hydrogen-bond donors (Lipinski definition) is 1. The van der Waals surface area contributed by atoms with Crippen molar-refractivity contribution in [2.75, 3.05) is 36.4 Å². The Kier molecular flexibility index (Phi) is 6.82. The molecule has 1 aliphatic rings. The van der Waals surface area contributed by atoms with Gasteiger partial charge in [-0.05, 0) is 52.9 Å². The number of carbonyl (C=O) groups excluding carboxylic acids is 2. The highest BCUT2D eigenvalue weighted by molar-refractivity contribution is 14.1. The summed E-state index contributed by atoms with van der Waals surface area (Å²) in [6.45, 7) is 6.72. The van der Waals surface area contributed by atoms with Gasteiger partial charge in [-0.25, -0.2) is 0 Å². The average Bonchev–Trinajstić information content (AvgIpc) is 2.68. The smallest absolute Gasteiger partial charge is 0.256 e. The number of nitrogens with one attached hydrogen (secondary N) is 1. The summed E-state index contributed by atoms with van der Waals surface area (Å²) in [5, 5.41) is 3.49. The zero-order valence-corrected chi connectivity index (χ0v) is 18.8. The maximum Gasteiger partial charge on any atom is 0.256 e. The summed E-state index contributed by atoms with van der Waals surface area (Å²) in [5.74, 6) is 0.0553. The van der Waals surface area contributed by atoms with Crippen LogP contribution in [0.4, 0.5) is 11.4 Å². The minimum Gasteiger partial charge on any atom is -0.367 e. The minimum atomic E-state index is -0.158. The van der Waals surface area contributed by atoms with Crippen molar-refractivity contribution in [1.29, 1.82) is 0 Å². The number of anilines is 2. The van der Waals surface area contributed by atoms with Gasteiger partial charge >= 0.3 is 0 Å². The van der Waals surface area contributed by atoms with Crippen LogP contribution in [0.15, 0.2) is 42.5 Å². The Bertz CT molecular complexity index is 880. The van der Waals surface area contributed by atoms with Crippen LogP contribution >= 0.6 is 34.2 Å². The number of nitrogens with zero attached hydrogens (tertiary/aromatic N) is 2. The van der Waals surface area contributed by atoms with E-state index in [9.17, 15) is 9.59 Å². The van der Waals surface area contributed by atoms with Crippen LogP contribution in [0.1, 0.15) is 24.2 Å². The Morgan fingerprint density at radius 1 is 1.07 bits per heavy atom. The van der Waals surface area contributed by atoms with Crippen LogP contribution in [0.5, 0.6) is 0 Å². The molecular formula is C21H23ClIN3O2.